The van der Waals surface area contributed by atoms with Crippen LogP contribution in [0.25, 0.3) is 0 Å². The fraction of sp³-hybridized carbons (Fsp3) is 0.556. The Kier molecular flexibility index (Phi) is 9.73. The minimum absolute atomic E-state index is 0.0365. The summed E-state index contributed by atoms with van der Waals surface area (Å²) in [5.74, 6) is 0.594. The van der Waals surface area contributed by atoms with Gasteiger partial charge in [-0.1, -0.05) is 18.7 Å². The summed E-state index contributed by atoms with van der Waals surface area (Å²) in [4.78, 5) is 25.4. The Morgan fingerprint density at radius 3 is 2.50 bits per heavy atom. The molecule has 3 rings (SSSR count). The highest BCUT2D eigenvalue weighted by molar-refractivity contribution is 8.01. The predicted octanol–water partition coefficient (Wildman–Crippen LogP) is 3.67. The van der Waals surface area contributed by atoms with Crippen LogP contribution in [0.2, 0.25) is 0 Å². The largest absolute Gasteiger partial charge is 0.510 e. The molecule has 2 fully saturated rings. The normalized spacial score (nSPS) is 21.2. The first-order valence-corrected chi connectivity index (χ1v) is 13.7. The topological polar surface area (TPSA) is 129 Å². The molecule has 3 atom stereocenters. The van der Waals surface area contributed by atoms with Gasteiger partial charge in [0.25, 0.3) is 0 Å². The van der Waals surface area contributed by atoms with Crippen LogP contribution in [0.4, 0.5) is 5.69 Å². The van der Waals surface area contributed by atoms with Gasteiger partial charge < -0.3 is 26.8 Å². The van der Waals surface area contributed by atoms with Gasteiger partial charge >= 0.3 is 0 Å². The van der Waals surface area contributed by atoms with Crippen molar-refractivity contribution in [3.05, 3.63) is 53.6 Å². The zero-order valence-electron chi connectivity index (χ0n) is 21.7. The van der Waals surface area contributed by atoms with Crippen LogP contribution < -0.4 is 27.0 Å². The van der Waals surface area contributed by atoms with Crippen LogP contribution in [0.5, 0.6) is 0 Å². The Morgan fingerprint density at radius 2 is 1.94 bits per heavy atom. The number of allylic oxidation sites excluding steroid dienone is 1. The first-order valence-electron chi connectivity index (χ1n) is 12.8. The molecule has 1 heterocycles. The molecule has 1 saturated heterocycles. The third-order valence-corrected chi connectivity index (χ3v) is 8.00. The minimum Gasteiger partial charge on any atom is -0.510 e. The van der Waals surface area contributed by atoms with Crippen molar-refractivity contribution in [1.82, 2.24) is 16.0 Å². The highest BCUT2D eigenvalue weighted by Gasteiger charge is 2.44. The Bertz CT molecular complexity index is 970. The summed E-state index contributed by atoms with van der Waals surface area (Å²) in [5, 5.41) is 23.5. The molecular formula is C27H41N5O3S. The van der Waals surface area contributed by atoms with Crippen LogP contribution in [-0.2, 0) is 16.0 Å². The number of benzene rings is 1. The van der Waals surface area contributed by atoms with Crippen LogP contribution in [0.15, 0.2) is 48.0 Å². The summed E-state index contributed by atoms with van der Waals surface area (Å²) in [6.07, 6.45) is 5.31. The fourth-order valence-electron chi connectivity index (χ4n) is 4.55. The number of rotatable bonds is 12. The first-order chi connectivity index (χ1) is 17.0. The standard InChI is InChI=1S/C27H41N5O3S/c1-17(28)29-15-6-5-10-23(33)31-21-13-11-19(12-14-21)16-22(24(34)20-8-7-9-20)32-26(35)25-27(3,4)36-18(2)30-25/h11-14,18,22,25,29-30,34H,1,5-10,15-16,28H2,2-4H3,(H,31,33)(H,32,35). The van der Waals surface area contributed by atoms with Gasteiger partial charge in [-0.15, -0.1) is 11.8 Å². The number of thioether (sulfide) groups is 1. The van der Waals surface area contributed by atoms with E-state index in [1.165, 1.54) is 0 Å². The van der Waals surface area contributed by atoms with Crippen LogP contribution in [-0.4, -0.2) is 45.7 Å². The van der Waals surface area contributed by atoms with Crippen molar-refractivity contribution in [3.8, 4) is 0 Å². The molecule has 1 aliphatic carbocycles. The molecule has 1 aromatic rings. The van der Waals surface area contributed by atoms with Gasteiger partial charge in [-0.25, -0.2) is 0 Å². The van der Waals surface area contributed by atoms with E-state index in [0.717, 1.165) is 48.9 Å². The molecule has 3 unspecified atom stereocenters. The van der Waals surface area contributed by atoms with Crippen LogP contribution >= 0.6 is 11.8 Å². The lowest BCUT2D eigenvalue weighted by Gasteiger charge is -2.29. The Morgan fingerprint density at radius 1 is 1.25 bits per heavy atom. The van der Waals surface area contributed by atoms with Gasteiger partial charge in [-0.05, 0) is 82.6 Å². The van der Waals surface area contributed by atoms with Crippen molar-refractivity contribution in [1.29, 1.82) is 0 Å². The van der Waals surface area contributed by atoms with Crippen molar-refractivity contribution < 1.29 is 14.7 Å². The molecule has 8 nitrogen and oxygen atoms in total. The molecule has 9 heteroatoms. The third-order valence-electron chi connectivity index (χ3n) is 6.67. The van der Waals surface area contributed by atoms with Crippen molar-refractivity contribution in [2.45, 2.75) is 87.9 Å². The maximum Gasteiger partial charge on any atom is 0.239 e. The number of nitrogens with one attached hydrogen (secondary N) is 4. The van der Waals surface area contributed by atoms with E-state index in [0.29, 0.717) is 25.2 Å². The zero-order valence-corrected chi connectivity index (χ0v) is 22.5. The monoisotopic (exact) mass is 515 g/mol. The van der Waals surface area contributed by atoms with Gasteiger partial charge in [0.05, 0.1) is 17.2 Å². The first kappa shape index (κ1) is 27.9. The summed E-state index contributed by atoms with van der Waals surface area (Å²) in [7, 11) is 0. The second-order valence-corrected chi connectivity index (χ2v) is 12.2. The average Bonchev–Trinajstić information content (AvgIpc) is 3.04. The number of aliphatic hydroxyl groups excluding tert-OH is 1. The molecule has 0 bridgehead atoms. The van der Waals surface area contributed by atoms with E-state index in [-0.39, 0.29) is 33.7 Å². The maximum absolute atomic E-state index is 13.2. The zero-order chi connectivity index (χ0) is 26.3. The van der Waals surface area contributed by atoms with Crippen LogP contribution in [0, 0.1) is 0 Å². The van der Waals surface area contributed by atoms with Gasteiger partial charge in [0.2, 0.25) is 11.8 Å². The lowest BCUT2D eigenvalue weighted by molar-refractivity contribution is -0.124. The lowest BCUT2D eigenvalue weighted by atomic mass is 9.88. The van der Waals surface area contributed by atoms with Gasteiger partial charge in [0.15, 0.2) is 0 Å². The molecule has 1 aliphatic heterocycles. The molecular weight excluding hydrogens is 474 g/mol. The summed E-state index contributed by atoms with van der Waals surface area (Å²) in [6, 6.07) is 6.77. The highest BCUT2D eigenvalue weighted by Crippen LogP contribution is 2.38. The number of anilines is 1. The van der Waals surface area contributed by atoms with Crippen molar-refractivity contribution in [3.63, 3.8) is 0 Å². The molecule has 198 valence electrons. The molecule has 1 aromatic carbocycles. The van der Waals surface area contributed by atoms with Crippen molar-refractivity contribution >= 4 is 29.3 Å². The second-order valence-electron chi connectivity index (χ2n) is 10.2. The lowest BCUT2D eigenvalue weighted by Crippen LogP contribution is -2.53. The summed E-state index contributed by atoms with van der Waals surface area (Å²) >= 11 is 1.74. The highest BCUT2D eigenvalue weighted by atomic mass is 32.2. The summed E-state index contributed by atoms with van der Waals surface area (Å²) in [6.45, 7) is 10.5. The SMILES string of the molecule is C=C(N)NCCCCC(=O)Nc1ccc(CC(NC(=O)C2NC(C)SC2(C)C)C(O)=C2CCC2)cc1. The van der Waals surface area contributed by atoms with Gasteiger partial charge in [0, 0.05) is 23.4 Å². The van der Waals surface area contributed by atoms with E-state index in [1.54, 1.807) is 11.8 Å². The molecule has 7 N–H and O–H groups in total. The molecule has 1 saturated carbocycles. The predicted molar refractivity (Wildman–Crippen MR) is 147 cm³/mol. The molecule has 2 amide bonds. The van der Waals surface area contributed by atoms with E-state index in [4.69, 9.17) is 5.73 Å². The number of hydrogen-bond donors (Lipinski definition) is 6. The fourth-order valence-corrected chi connectivity index (χ4v) is 5.98. The van der Waals surface area contributed by atoms with Gasteiger partial charge in [-0.3, -0.25) is 14.9 Å². The smallest absolute Gasteiger partial charge is 0.239 e. The van der Waals surface area contributed by atoms with Gasteiger partial charge in [-0.2, -0.15) is 0 Å². The average molecular weight is 516 g/mol. The van der Waals surface area contributed by atoms with Crippen LogP contribution in [0.1, 0.15) is 64.9 Å². The Labute approximate surface area is 218 Å². The minimum atomic E-state index is -0.482. The van der Waals surface area contributed by atoms with E-state index >= 15 is 0 Å². The Balaban J connectivity index is 1.58. The number of hydrogen-bond acceptors (Lipinski definition) is 7. The number of carbonyl (C=O) groups is 2. The third kappa shape index (κ3) is 7.93. The van der Waals surface area contributed by atoms with E-state index < -0.39 is 6.04 Å². The van der Waals surface area contributed by atoms with E-state index in [9.17, 15) is 14.7 Å². The molecule has 2 aliphatic rings. The van der Waals surface area contributed by atoms with Crippen molar-refractivity contribution in [2.75, 3.05) is 11.9 Å². The quantitative estimate of drug-likeness (QED) is 0.185. The molecule has 0 radical (unpaired) electrons. The van der Waals surface area contributed by atoms with Crippen molar-refractivity contribution in [2.24, 2.45) is 5.73 Å². The molecule has 0 spiro atoms. The van der Waals surface area contributed by atoms with E-state index in [1.807, 2.05) is 24.3 Å². The van der Waals surface area contributed by atoms with Crippen LogP contribution in [0.3, 0.4) is 0 Å². The maximum atomic E-state index is 13.2. The number of amides is 2. The Hall–Kier alpha value is -2.65. The second kappa shape index (κ2) is 12.5. The summed E-state index contributed by atoms with van der Waals surface area (Å²) in [5.41, 5.74) is 8.18. The number of nitrogens with two attached hydrogens (primary N) is 1. The molecule has 0 aromatic heterocycles. The summed E-state index contributed by atoms with van der Waals surface area (Å²) < 4.78 is -0.233. The molecule has 36 heavy (non-hydrogen) atoms. The van der Waals surface area contributed by atoms with E-state index in [2.05, 4.69) is 48.6 Å². The van der Waals surface area contributed by atoms with Gasteiger partial charge in [0.1, 0.15) is 11.8 Å². The number of aliphatic hydroxyl groups is 1. The number of carbonyl (C=O) groups excluding carboxylic acids is 2. The number of unbranched alkanes of at least 4 members (excludes halogenated alkanes) is 1.